The first kappa shape index (κ1) is 17.8. The van der Waals surface area contributed by atoms with Gasteiger partial charge in [-0.2, -0.15) is 4.98 Å². The van der Waals surface area contributed by atoms with Crippen molar-refractivity contribution in [3.8, 4) is 6.01 Å². The molecule has 0 spiro atoms. The molecule has 0 bridgehead atoms. The van der Waals surface area contributed by atoms with E-state index in [4.69, 9.17) is 4.74 Å². The maximum Gasteiger partial charge on any atom is 0.318 e. The maximum atomic E-state index is 12.7. The van der Waals surface area contributed by atoms with Crippen LogP contribution in [0.4, 0.5) is 5.82 Å². The molecule has 134 valence electrons. The highest BCUT2D eigenvalue weighted by Crippen LogP contribution is 2.33. The lowest BCUT2D eigenvalue weighted by Gasteiger charge is -2.16. The van der Waals surface area contributed by atoms with Crippen LogP contribution in [0.25, 0.3) is 0 Å². The average Bonchev–Trinajstić information content (AvgIpc) is 2.93. The van der Waals surface area contributed by atoms with Crippen LogP contribution >= 0.6 is 0 Å². The summed E-state index contributed by atoms with van der Waals surface area (Å²) in [6.45, 7) is 5.73. The van der Waals surface area contributed by atoms with Gasteiger partial charge < -0.3 is 4.74 Å². The number of hydrogen-bond acceptors (Lipinski definition) is 6. The SMILES string of the molecule is C=N/C=C\C(=C/C)COc1nccc(N2Cc3ccccc3S2(=O)=O)n1. The summed E-state index contributed by atoms with van der Waals surface area (Å²) in [7, 11) is -3.62. The van der Waals surface area contributed by atoms with Crippen molar-refractivity contribution >= 4 is 22.6 Å². The second-order valence-corrected chi connectivity index (χ2v) is 7.30. The van der Waals surface area contributed by atoms with Crippen LogP contribution in [-0.4, -0.2) is 31.7 Å². The molecule has 3 rings (SSSR count). The van der Waals surface area contributed by atoms with Crippen molar-refractivity contribution in [2.75, 3.05) is 10.9 Å². The first-order chi connectivity index (χ1) is 12.6. The van der Waals surface area contributed by atoms with E-state index in [0.717, 1.165) is 11.1 Å². The molecule has 2 heterocycles. The molecule has 1 aromatic heterocycles. The monoisotopic (exact) mass is 370 g/mol. The van der Waals surface area contributed by atoms with Crippen LogP contribution in [0.2, 0.25) is 0 Å². The van der Waals surface area contributed by atoms with Gasteiger partial charge in [0.05, 0.1) is 11.4 Å². The highest BCUT2D eigenvalue weighted by atomic mass is 32.2. The number of aliphatic imine (C=N–C) groups is 1. The number of fused-ring (bicyclic) bond motifs is 1. The van der Waals surface area contributed by atoms with Gasteiger partial charge in [0, 0.05) is 18.5 Å². The van der Waals surface area contributed by atoms with Crippen LogP contribution in [0, 0.1) is 0 Å². The fraction of sp³-hybridized carbons (Fsp3) is 0.167. The van der Waals surface area contributed by atoms with Gasteiger partial charge >= 0.3 is 6.01 Å². The molecular weight excluding hydrogens is 352 g/mol. The molecule has 0 N–H and O–H groups in total. The summed E-state index contributed by atoms with van der Waals surface area (Å²) in [6, 6.07) is 8.57. The van der Waals surface area contributed by atoms with Gasteiger partial charge in [0.1, 0.15) is 12.4 Å². The Morgan fingerprint density at radius 2 is 2.19 bits per heavy atom. The molecule has 1 aliphatic heterocycles. The van der Waals surface area contributed by atoms with Gasteiger partial charge in [0.2, 0.25) is 0 Å². The minimum absolute atomic E-state index is 0.105. The van der Waals surface area contributed by atoms with E-state index in [1.54, 1.807) is 36.5 Å². The molecule has 0 saturated heterocycles. The van der Waals surface area contributed by atoms with E-state index in [1.807, 2.05) is 19.1 Å². The molecule has 8 heteroatoms. The molecule has 1 aromatic carbocycles. The molecule has 0 atom stereocenters. The van der Waals surface area contributed by atoms with Gasteiger partial charge in [-0.3, -0.25) is 4.99 Å². The van der Waals surface area contributed by atoms with E-state index >= 15 is 0 Å². The minimum Gasteiger partial charge on any atom is -0.459 e. The minimum atomic E-state index is -3.62. The Labute approximate surface area is 152 Å². The molecule has 26 heavy (non-hydrogen) atoms. The predicted octanol–water partition coefficient (Wildman–Crippen LogP) is 2.72. The van der Waals surface area contributed by atoms with Crippen molar-refractivity contribution < 1.29 is 13.2 Å². The number of rotatable bonds is 6. The zero-order valence-corrected chi connectivity index (χ0v) is 15.1. The van der Waals surface area contributed by atoms with Crippen molar-refractivity contribution in [1.29, 1.82) is 0 Å². The second-order valence-electron chi connectivity index (χ2n) is 5.47. The lowest BCUT2D eigenvalue weighted by molar-refractivity contribution is 0.326. The fourth-order valence-electron chi connectivity index (χ4n) is 2.51. The maximum absolute atomic E-state index is 12.7. The Kier molecular flexibility index (Phi) is 5.13. The van der Waals surface area contributed by atoms with Crippen molar-refractivity contribution in [2.24, 2.45) is 4.99 Å². The standard InChI is InChI=1S/C18H18N4O3S/c1-3-14(8-10-19-2)13-25-18-20-11-9-17(21-18)22-12-15-6-4-5-7-16(15)26(22,23)24/h3-11H,2,12-13H2,1H3/b10-8-,14-3+. The zero-order valence-electron chi connectivity index (χ0n) is 14.2. The average molecular weight is 370 g/mol. The third-order valence-corrected chi connectivity index (χ3v) is 5.71. The van der Waals surface area contributed by atoms with Crippen LogP contribution in [0.15, 0.2) is 70.3 Å². The fourth-order valence-corrected chi connectivity index (χ4v) is 4.12. The van der Waals surface area contributed by atoms with Crippen LogP contribution in [0.1, 0.15) is 12.5 Å². The van der Waals surface area contributed by atoms with Gasteiger partial charge in [-0.15, -0.1) is 0 Å². The van der Waals surface area contributed by atoms with E-state index < -0.39 is 10.0 Å². The molecule has 7 nitrogen and oxygen atoms in total. The molecule has 0 amide bonds. The molecule has 0 unspecified atom stereocenters. The molecule has 1 aliphatic rings. The topological polar surface area (TPSA) is 84.8 Å². The second kappa shape index (κ2) is 7.49. The summed E-state index contributed by atoms with van der Waals surface area (Å²) in [4.78, 5) is 12.3. The van der Waals surface area contributed by atoms with Crippen LogP contribution in [0.5, 0.6) is 6.01 Å². The predicted molar refractivity (Wildman–Crippen MR) is 99.8 cm³/mol. The zero-order chi connectivity index (χ0) is 18.6. The summed E-state index contributed by atoms with van der Waals surface area (Å²) in [5.74, 6) is 0.275. The number of benzene rings is 1. The number of sulfonamides is 1. The van der Waals surface area contributed by atoms with Gasteiger partial charge in [-0.1, -0.05) is 24.3 Å². The normalized spacial score (nSPS) is 15.9. The molecule has 2 aromatic rings. The smallest absolute Gasteiger partial charge is 0.318 e. The lowest BCUT2D eigenvalue weighted by Crippen LogP contribution is -2.24. The number of nitrogens with zero attached hydrogens (tertiary/aromatic N) is 4. The summed E-state index contributed by atoms with van der Waals surface area (Å²) >= 11 is 0. The van der Waals surface area contributed by atoms with Crippen molar-refractivity contribution in [1.82, 2.24) is 9.97 Å². The number of allylic oxidation sites excluding steroid dienone is 1. The van der Waals surface area contributed by atoms with Gasteiger partial charge in [0.25, 0.3) is 10.0 Å². The molecular formula is C18H18N4O3S. The summed E-state index contributed by atoms with van der Waals surface area (Å²) in [6.07, 6.45) is 6.67. The Balaban J connectivity index is 1.81. The highest BCUT2D eigenvalue weighted by Gasteiger charge is 2.35. The summed E-state index contributed by atoms with van der Waals surface area (Å²) in [5.41, 5.74) is 1.61. The first-order valence-electron chi connectivity index (χ1n) is 7.90. The van der Waals surface area contributed by atoms with E-state index in [9.17, 15) is 8.42 Å². The van der Waals surface area contributed by atoms with E-state index in [-0.39, 0.29) is 25.0 Å². The van der Waals surface area contributed by atoms with E-state index in [0.29, 0.717) is 4.90 Å². The van der Waals surface area contributed by atoms with Crippen molar-refractivity contribution in [3.63, 3.8) is 0 Å². The van der Waals surface area contributed by atoms with Crippen LogP contribution in [0.3, 0.4) is 0 Å². The number of aromatic nitrogens is 2. The third-order valence-electron chi connectivity index (χ3n) is 3.86. The van der Waals surface area contributed by atoms with Gasteiger partial charge in [0.15, 0.2) is 0 Å². The van der Waals surface area contributed by atoms with Crippen molar-refractivity contribution in [3.05, 3.63) is 66.0 Å². The highest BCUT2D eigenvalue weighted by molar-refractivity contribution is 7.93. The van der Waals surface area contributed by atoms with Gasteiger partial charge in [-0.05, 0) is 36.9 Å². The number of hydrogen-bond donors (Lipinski definition) is 0. The van der Waals surface area contributed by atoms with Crippen molar-refractivity contribution in [2.45, 2.75) is 18.4 Å². The van der Waals surface area contributed by atoms with Crippen LogP contribution < -0.4 is 9.04 Å². The Morgan fingerprint density at radius 3 is 2.92 bits per heavy atom. The Hall–Kier alpha value is -3.00. The van der Waals surface area contributed by atoms with Crippen LogP contribution in [-0.2, 0) is 16.6 Å². The molecule has 0 aliphatic carbocycles. The Bertz CT molecular complexity index is 983. The lowest BCUT2D eigenvalue weighted by atomic mass is 10.2. The van der Waals surface area contributed by atoms with E-state index in [1.165, 1.54) is 10.5 Å². The third kappa shape index (κ3) is 3.50. The quantitative estimate of drug-likeness (QED) is 0.577. The summed E-state index contributed by atoms with van der Waals surface area (Å²) < 4.78 is 32.3. The van der Waals surface area contributed by atoms with Gasteiger partial charge in [-0.25, -0.2) is 17.7 Å². The van der Waals surface area contributed by atoms with E-state index in [2.05, 4.69) is 21.7 Å². The molecule has 0 radical (unpaired) electrons. The molecule has 0 saturated carbocycles. The molecule has 0 fully saturated rings. The largest absolute Gasteiger partial charge is 0.459 e. The number of anilines is 1. The summed E-state index contributed by atoms with van der Waals surface area (Å²) in [5, 5.41) is 0. The Morgan fingerprint density at radius 1 is 1.38 bits per heavy atom. The first-order valence-corrected chi connectivity index (χ1v) is 9.34. The number of ether oxygens (including phenoxy) is 1.